The zero-order chi connectivity index (χ0) is 61.5. The Bertz CT molecular complexity index is 7000. The Morgan fingerprint density at radius 1 is 0.269 bits per heavy atom. The molecule has 0 spiro atoms. The number of para-hydroxylation sites is 5. The SMILES string of the molecule is N#Cc1ccc(-n2c3ccc(-n4c5ccccc5c5cc(-c6ccc7c(c6)oc6c7ccc7c6c6ccccc6n7-c6c(-n7c8ccccc8c8c9oc%10ccccc%10c9ccc87)ccc(C#N)c6C#N)ccc54)cc3c3c4oc5ccccc5c4ccc32)c(C#N)c1. The molecule has 11 nitrogen and oxygen atoms in total. The van der Waals surface area contributed by atoms with E-state index in [4.69, 9.17) is 13.3 Å². The van der Waals surface area contributed by atoms with Crippen LogP contribution < -0.4 is 0 Å². The molecule has 11 heteroatoms. The third-order valence-electron chi connectivity index (χ3n) is 19.3. The topological polar surface area (TPSA) is 154 Å². The smallest absolute Gasteiger partial charge is 0.145 e. The van der Waals surface area contributed by atoms with E-state index in [1.54, 1.807) is 18.2 Å². The van der Waals surface area contributed by atoms with E-state index < -0.39 is 0 Å². The standard InChI is InChI=1S/C82H40N8O3/c83-41-45-21-30-63(49(37-45)43-85)88-68-33-25-50(40-61(68)78-70(88)35-28-56-53-13-5-10-20-74(53)92-82(56)78)87-64-16-6-1-11-51(64)60-38-46(23-31-67(60)87)47-22-26-54-57-29-36-71-77(81(57)93-75(54)39-47)59-15-3-8-18-66(59)90(71)79-62(44-86)48(42-84)24-32-72(79)89-65-17-7-2-14-58(65)76-69(89)34-27-55-52-12-4-9-19-73(52)91-80(55)76/h1-40H. The van der Waals surface area contributed by atoms with Gasteiger partial charge in [-0.15, -0.1) is 0 Å². The predicted octanol–water partition coefficient (Wildman–Crippen LogP) is 20.9. The minimum absolute atomic E-state index is 0.258. The number of furan rings is 3. The third kappa shape index (κ3) is 6.70. The maximum Gasteiger partial charge on any atom is 0.145 e. The zero-order valence-electron chi connectivity index (χ0n) is 48.9. The average Bonchev–Trinajstić information content (AvgIpc) is 1.57. The number of benzene rings is 13. The lowest BCUT2D eigenvalue weighted by Gasteiger charge is -2.18. The van der Waals surface area contributed by atoms with Gasteiger partial charge in [-0.3, -0.25) is 0 Å². The summed E-state index contributed by atoms with van der Waals surface area (Å²) >= 11 is 0. The highest BCUT2D eigenvalue weighted by Gasteiger charge is 2.28. The zero-order valence-corrected chi connectivity index (χ0v) is 48.9. The van der Waals surface area contributed by atoms with Gasteiger partial charge in [0.15, 0.2) is 0 Å². The van der Waals surface area contributed by atoms with Crippen LogP contribution in [0.5, 0.6) is 0 Å². The van der Waals surface area contributed by atoms with Gasteiger partial charge in [-0.1, -0.05) is 103 Å². The minimum Gasteiger partial charge on any atom is -0.455 e. The lowest BCUT2D eigenvalue weighted by molar-refractivity contribution is 0.672. The summed E-state index contributed by atoms with van der Waals surface area (Å²) in [5.74, 6) is 0. The predicted molar refractivity (Wildman–Crippen MR) is 370 cm³/mol. The van der Waals surface area contributed by atoms with Crippen molar-refractivity contribution in [3.05, 3.63) is 265 Å². The maximum absolute atomic E-state index is 11.3. The first-order valence-electron chi connectivity index (χ1n) is 30.5. The van der Waals surface area contributed by atoms with Crippen LogP contribution in [0.2, 0.25) is 0 Å². The van der Waals surface area contributed by atoms with E-state index in [1.807, 2.05) is 72.8 Å². The fourth-order valence-electron chi connectivity index (χ4n) is 15.4. The molecule has 93 heavy (non-hydrogen) atoms. The molecule has 0 aliphatic rings. The molecule has 0 N–H and O–H groups in total. The van der Waals surface area contributed by atoms with Crippen LogP contribution in [0.4, 0.5) is 0 Å². The second kappa shape index (κ2) is 18.5. The summed E-state index contributed by atoms with van der Waals surface area (Å²) in [7, 11) is 0. The maximum atomic E-state index is 11.3. The molecule has 0 bridgehead atoms. The second-order valence-electron chi connectivity index (χ2n) is 23.9. The van der Waals surface area contributed by atoms with Crippen LogP contribution in [0.1, 0.15) is 22.3 Å². The normalized spacial score (nSPS) is 12.0. The fraction of sp³-hybridized carbons (Fsp3) is 0. The van der Waals surface area contributed by atoms with E-state index in [0.717, 1.165) is 176 Å². The van der Waals surface area contributed by atoms with Crippen LogP contribution in [-0.4, -0.2) is 18.3 Å². The Morgan fingerprint density at radius 3 is 1.37 bits per heavy atom. The number of rotatable bonds is 5. The Kier molecular flexibility index (Phi) is 10.0. The first-order chi connectivity index (χ1) is 46.0. The van der Waals surface area contributed by atoms with Crippen LogP contribution >= 0.6 is 0 Å². The van der Waals surface area contributed by atoms with Crippen molar-refractivity contribution >= 4 is 153 Å². The van der Waals surface area contributed by atoms with E-state index in [2.05, 4.69) is 194 Å². The average molecular weight is 1190 g/mol. The minimum atomic E-state index is 0.258. The quantitative estimate of drug-likeness (QED) is 0.166. The second-order valence-corrected chi connectivity index (χ2v) is 23.9. The first-order valence-corrected chi connectivity index (χ1v) is 30.5. The van der Waals surface area contributed by atoms with Crippen LogP contribution in [0.3, 0.4) is 0 Å². The van der Waals surface area contributed by atoms with Crippen molar-refractivity contribution in [1.82, 2.24) is 18.3 Å². The molecule has 20 rings (SSSR count). The molecule has 0 unspecified atom stereocenters. The third-order valence-corrected chi connectivity index (χ3v) is 19.3. The molecule has 0 radical (unpaired) electrons. The lowest BCUT2D eigenvalue weighted by Crippen LogP contribution is -2.07. The van der Waals surface area contributed by atoms with Gasteiger partial charge in [-0.05, 0) is 151 Å². The van der Waals surface area contributed by atoms with Crippen LogP contribution in [-0.2, 0) is 0 Å². The number of hydrogen-bond donors (Lipinski definition) is 0. The molecule has 0 saturated carbocycles. The van der Waals surface area contributed by atoms with Gasteiger partial charge in [0.05, 0.1) is 106 Å². The van der Waals surface area contributed by atoms with Gasteiger partial charge in [0.1, 0.15) is 51.7 Å². The van der Waals surface area contributed by atoms with E-state index in [1.165, 1.54) is 0 Å². The van der Waals surface area contributed by atoms with Crippen molar-refractivity contribution in [2.24, 2.45) is 0 Å². The van der Waals surface area contributed by atoms with E-state index in [9.17, 15) is 21.0 Å². The Hall–Kier alpha value is -13.6. The van der Waals surface area contributed by atoms with Crippen molar-refractivity contribution in [3.8, 4) is 58.2 Å². The molecule has 13 aromatic carbocycles. The molecule has 20 aromatic rings. The number of nitriles is 4. The Balaban J connectivity index is 0.754. The molecule has 7 heterocycles. The van der Waals surface area contributed by atoms with Gasteiger partial charge in [0.25, 0.3) is 0 Å². The molecule has 0 amide bonds. The molecular weight excluding hydrogens is 1140 g/mol. The summed E-state index contributed by atoms with van der Waals surface area (Å²) in [5, 5.41) is 56.2. The Morgan fingerprint density at radius 2 is 0.731 bits per heavy atom. The number of hydrogen-bond acceptors (Lipinski definition) is 7. The molecule has 0 aliphatic carbocycles. The van der Waals surface area contributed by atoms with Crippen molar-refractivity contribution in [1.29, 1.82) is 21.0 Å². The summed E-state index contributed by atoms with van der Waals surface area (Å²) < 4.78 is 29.4. The van der Waals surface area contributed by atoms with Gasteiger partial charge in [0.2, 0.25) is 0 Å². The number of fused-ring (bicyclic) bond motifs is 24. The van der Waals surface area contributed by atoms with Crippen LogP contribution in [0, 0.1) is 45.3 Å². The summed E-state index contributed by atoms with van der Waals surface area (Å²) in [5.41, 5.74) is 18.3. The summed E-state index contributed by atoms with van der Waals surface area (Å²) in [6, 6.07) is 92.0. The fourth-order valence-corrected chi connectivity index (χ4v) is 15.4. The molecular formula is C82H40N8O3. The molecule has 7 aromatic heterocycles. The lowest BCUT2D eigenvalue weighted by atomic mass is 10.0. The van der Waals surface area contributed by atoms with Crippen molar-refractivity contribution in [2.45, 2.75) is 0 Å². The van der Waals surface area contributed by atoms with Crippen LogP contribution in [0.15, 0.2) is 256 Å². The van der Waals surface area contributed by atoms with Gasteiger partial charge in [-0.25, -0.2) is 0 Å². The van der Waals surface area contributed by atoms with Gasteiger partial charge in [-0.2, -0.15) is 21.0 Å². The largest absolute Gasteiger partial charge is 0.455 e. The number of nitrogens with zero attached hydrogens (tertiary/aromatic N) is 8. The first kappa shape index (κ1) is 50.4. The van der Waals surface area contributed by atoms with Crippen molar-refractivity contribution < 1.29 is 13.3 Å². The molecule has 0 aliphatic heterocycles. The van der Waals surface area contributed by atoms with Crippen molar-refractivity contribution in [2.75, 3.05) is 0 Å². The highest BCUT2D eigenvalue weighted by atomic mass is 16.3. The van der Waals surface area contributed by atoms with Gasteiger partial charge < -0.3 is 31.5 Å². The molecule has 0 atom stereocenters. The summed E-state index contributed by atoms with van der Waals surface area (Å²) in [6.45, 7) is 0. The Labute approximate surface area is 525 Å². The van der Waals surface area contributed by atoms with Crippen molar-refractivity contribution in [3.63, 3.8) is 0 Å². The summed E-state index contributed by atoms with van der Waals surface area (Å²) in [4.78, 5) is 0. The van der Waals surface area contributed by atoms with Gasteiger partial charge in [0, 0.05) is 64.9 Å². The highest BCUT2D eigenvalue weighted by Crippen LogP contribution is 2.48. The van der Waals surface area contributed by atoms with Gasteiger partial charge >= 0.3 is 0 Å². The van der Waals surface area contributed by atoms with E-state index in [-0.39, 0.29) is 11.1 Å². The molecule has 0 saturated heterocycles. The monoisotopic (exact) mass is 1180 g/mol. The molecule has 0 fully saturated rings. The van der Waals surface area contributed by atoms with E-state index >= 15 is 0 Å². The summed E-state index contributed by atoms with van der Waals surface area (Å²) in [6.07, 6.45) is 0. The number of aromatic nitrogens is 4. The van der Waals surface area contributed by atoms with E-state index in [0.29, 0.717) is 22.5 Å². The molecule has 426 valence electrons. The van der Waals surface area contributed by atoms with Crippen LogP contribution in [0.25, 0.3) is 187 Å². The highest BCUT2D eigenvalue weighted by molar-refractivity contribution is 6.27.